The van der Waals surface area contributed by atoms with Crippen molar-refractivity contribution < 1.29 is 80.2 Å². The molecule has 0 heterocycles. The lowest BCUT2D eigenvalue weighted by Crippen LogP contribution is -2.30. The molecule has 0 rings (SSSR count). The van der Waals surface area contributed by atoms with Gasteiger partial charge in [0.2, 0.25) is 0 Å². The molecule has 0 aliphatic rings. The summed E-state index contributed by atoms with van der Waals surface area (Å²) in [5.41, 5.74) is 0. The molecule has 0 aliphatic heterocycles. The number of hydrogen-bond donors (Lipinski definition) is 3. The molecule has 0 saturated carbocycles. The van der Waals surface area contributed by atoms with Crippen LogP contribution in [0.4, 0.5) is 0 Å². The van der Waals surface area contributed by atoms with E-state index in [0.29, 0.717) is 19.3 Å². The Morgan fingerprint density at radius 2 is 0.957 bits per heavy atom. The molecule has 0 amide bonds. The molecule has 46 heavy (non-hydrogen) atoms. The van der Waals surface area contributed by atoms with Crippen molar-refractivity contribution in [3.8, 4) is 0 Å². The molecule has 19 heteroatoms. The monoisotopic (exact) mass is 708 g/mol. The van der Waals surface area contributed by atoms with E-state index in [2.05, 4.69) is 9.05 Å². The van der Waals surface area contributed by atoms with Crippen LogP contribution < -0.4 is 0 Å². The fourth-order valence-corrected chi connectivity index (χ4v) is 4.81. The highest BCUT2D eigenvalue weighted by Gasteiger charge is 2.30. The number of rotatable bonds is 28. The first kappa shape index (κ1) is 44.1. The van der Waals surface area contributed by atoms with E-state index in [0.717, 1.165) is 32.6 Å². The normalized spacial score (nSPS) is 15.9. The number of phosphoric ester groups is 2. The number of aliphatic hydroxyl groups is 1. The molecule has 0 bridgehead atoms. The van der Waals surface area contributed by atoms with Crippen LogP contribution in [0.1, 0.15) is 91.9 Å². The summed E-state index contributed by atoms with van der Waals surface area (Å²) in [5.74, 6) is -2.48. The highest BCUT2D eigenvalue weighted by Crippen LogP contribution is 2.45. The van der Waals surface area contributed by atoms with Gasteiger partial charge in [0.15, 0.2) is 12.2 Å². The summed E-state index contributed by atoms with van der Waals surface area (Å²) in [6.07, 6.45) is 1.14. The molecule has 0 saturated heterocycles. The number of esters is 4. The number of carbonyl (C=O) groups is 4. The third-order valence-electron chi connectivity index (χ3n) is 5.65. The van der Waals surface area contributed by atoms with E-state index in [-0.39, 0.29) is 19.3 Å². The second-order valence-corrected chi connectivity index (χ2v) is 13.1. The maximum absolute atomic E-state index is 12.3. The molecule has 0 aliphatic carbocycles. The fourth-order valence-electron chi connectivity index (χ4n) is 3.23. The standard InChI is InChI=1S/C27H50O17P2/c1-5-8-11-14-26(31)38-18-24(44-27(32)13-10-7-3)20-42-46(35,36)40-16-22(29)15-39-45(33,34)41-19-23(43-21(4)28)17-37-25(30)12-9-6-2/h22-24,29H,5-20H2,1-4H3,(H,33,34)(H,35,36)/t22-,23+,24+/m0/s1. The molecule has 270 valence electrons. The van der Waals surface area contributed by atoms with Gasteiger partial charge in [0, 0.05) is 26.2 Å². The average molecular weight is 709 g/mol. The smallest absolute Gasteiger partial charge is 0.462 e. The summed E-state index contributed by atoms with van der Waals surface area (Å²) in [6, 6.07) is 0. The predicted molar refractivity (Wildman–Crippen MR) is 160 cm³/mol. The Hall–Kier alpha value is -1.94. The first-order chi connectivity index (χ1) is 21.6. The van der Waals surface area contributed by atoms with Gasteiger partial charge in [-0.3, -0.25) is 37.3 Å². The zero-order chi connectivity index (χ0) is 35.0. The van der Waals surface area contributed by atoms with Gasteiger partial charge in [-0.05, 0) is 19.3 Å². The third-order valence-corrected chi connectivity index (χ3v) is 7.55. The van der Waals surface area contributed by atoms with Crippen molar-refractivity contribution in [2.24, 2.45) is 0 Å². The minimum Gasteiger partial charge on any atom is -0.462 e. The number of ether oxygens (including phenoxy) is 4. The van der Waals surface area contributed by atoms with E-state index in [9.17, 15) is 43.2 Å². The molecule has 0 spiro atoms. The Balaban J connectivity index is 4.82. The Morgan fingerprint density at radius 1 is 0.565 bits per heavy atom. The maximum Gasteiger partial charge on any atom is 0.472 e. The average Bonchev–Trinajstić information content (AvgIpc) is 2.99. The van der Waals surface area contributed by atoms with Crippen molar-refractivity contribution in [2.75, 3.05) is 39.6 Å². The second kappa shape index (κ2) is 25.1. The van der Waals surface area contributed by atoms with E-state index in [1.54, 1.807) is 0 Å². The summed E-state index contributed by atoms with van der Waals surface area (Å²) in [6.45, 7) is 2.75. The summed E-state index contributed by atoms with van der Waals surface area (Å²) < 4.78 is 63.7. The summed E-state index contributed by atoms with van der Waals surface area (Å²) >= 11 is 0. The second-order valence-electron chi connectivity index (χ2n) is 10.1. The van der Waals surface area contributed by atoms with Crippen molar-refractivity contribution in [2.45, 2.75) is 110 Å². The topological polar surface area (TPSA) is 237 Å². The summed E-state index contributed by atoms with van der Waals surface area (Å²) in [5, 5.41) is 10.0. The number of carbonyl (C=O) groups excluding carboxylic acids is 4. The molecule has 0 aromatic heterocycles. The van der Waals surface area contributed by atoms with Crippen LogP contribution in [-0.4, -0.2) is 96.7 Å². The van der Waals surface area contributed by atoms with Gasteiger partial charge in [0.1, 0.15) is 19.3 Å². The number of unbranched alkanes of at least 4 members (excludes halogenated alkanes) is 4. The first-order valence-corrected chi connectivity index (χ1v) is 18.2. The van der Waals surface area contributed by atoms with Crippen molar-refractivity contribution in [3.63, 3.8) is 0 Å². The Morgan fingerprint density at radius 3 is 1.39 bits per heavy atom. The van der Waals surface area contributed by atoms with Crippen LogP contribution in [0.3, 0.4) is 0 Å². The van der Waals surface area contributed by atoms with Crippen LogP contribution >= 0.6 is 15.6 Å². The van der Waals surface area contributed by atoms with Gasteiger partial charge in [-0.2, -0.15) is 0 Å². The lowest BCUT2D eigenvalue weighted by atomic mass is 10.2. The van der Waals surface area contributed by atoms with Crippen molar-refractivity contribution in [1.29, 1.82) is 0 Å². The largest absolute Gasteiger partial charge is 0.472 e. The van der Waals surface area contributed by atoms with Gasteiger partial charge in [0.25, 0.3) is 0 Å². The zero-order valence-electron chi connectivity index (χ0n) is 27.0. The molecular weight excluding hydrogens is 658 g/mol. The Bertz CT molecular complexity index is 991. The van der Waals surface area contributed by atoms with E-state index in [1.807, 2.05) is 20.8 Å². The van der Waals surface area contributed by atoms with Gasteiger partial charge < -0.3 is 33.8 Å². The van der Waals surface area contributed by atoms with Gasteiger partial charge >= 0.3 is 39.5 Å². The van der Waals surface area contributed by atoms with Crippen molar-refractivity contribution >= 4 is 39.5 Å². The van der Waals surface area contributed by atoms with Crippen LogP contribution in [-0.2, 0) is 65.4 Å². The molecule has 0 fully saturated rings. The molecule has 0 aromatic rings. The van der Waals surface area contributed by atoms with E-state index in [1.165, 1.54) is 0 Å². The van der Waals surface area contributed by atoms with Crippen LogP contribution in [0.2, 0.25) is 0 Å². The number of phosphoric acid groups is 2. The molecule has 17 nitrogen and oxygen atoms in total. The summed E-state index contributed by atoms with van der Waals surface area (Å²) in [4.78, 5) is 66.9. The first-order valence-electron chi connectivity index (χ1n) is 15.2. The van der Waals surface area contributed by atoms with Crippen molar-refractivity contribution in [1.82, 2.24) is 0 Å². The van der Waals surface area contributed by atoms with Gasteiger partial charge in [-0.25, -0.2) is 9.13 Å². The van der Waals surface area contributed by atoms with Gasteiger partial charge in [0.05, 0.1) is 26.4 Å². The van der Waals surface area contributed by atoms with Gasteiger partial charge in [-0.1, -0.05) is 46.5 Å². The molecule has 3 N–H and O–H groups in total. The van der Waals surface area contributed by atoms with E-state index in [4.69, 9.17) is 28.0 Å². The molecule has 2 unspecified atom stereocenters. The van der Waals surface area contributed by atoms with Crippen LogP contribution in [0, 0.1) is 0 Å². The van der Waals surface area contributed by atoms with Crippen LogP contribution in [0.25, 0.3) is 0 Å². The lowest BCUT2D eigenvalue weighted by Gasteiger charge is -2.21. The minimum absolute atomic E-state index is 0.0757. The van der Waals surface area contributed by atoms with E-state index >= 15 is 0 Å². The summed E-state index contributed by atoms with van der Waals surface area (Å²) in [7, 11) is -9.71. The minimum atomic E-state index is -4.86. The lowest BCUT2D eigenvalue weighted by molar-refractivity contribution is -0.161. The SMILES string of the molecule is CCCCCC(=O)OC[C@H](COP(=O)(O)OC[C@@H](O)COP(=O)(O)OC[C@@H](COC(=O)CCCC)OC(C)=O)OC(=O)CCCC. The third kappa shape index (κ3) is 25.2. The van der Waals surface area contributed by atoms with Crippen LogP contribution in [0.15, 0.2) is 0 Å². The Kier molecular flexibility index (Phi) is 24.1. The number of aliphatic hydroxyl groups excluding tert-OH is 1. The fraction of sp³-hybridized carbons (Fsp3) is 0.852. The Labute approximate surface area is 269 Å². The molecule has 5 atom stereocenters. The number of hydrogen-bond acceptors (Lipinski definition) is 15. The molecule has 0 radical (unpaired) electrons. The molecule has 0 aromatic carbocycles. The maximum atomic E-state index is 12.3. The van der Waals surface area contributed by atoms with E-state index < -0.39 is 97.5 Å². The van der Waals surface area contributed by atoms with Gasteiger partial charge in [-0.15, -0.1) is 0 Å². The quantitative estimate of drug-likeness (QED) is 0.0456. The van der Waals surface area contributed by atoms with Crippen LogP contribution in [0.5, 0.6) is 0 Å². The molecular formula is C27H50O17P2. The van der Waals surface area contributed by atoms with Crippen molar-refractivity contribution in [3.05, 3.63) is 0 Å². The highest BCUT2D eigenvalue weighted by molar-refractivity contribution is 7.47. The highest BCUT2D eigenvalue weighted by atomic mass is 31.2. The zero-order valence-corrected chi connectivity index (χ0v) is 28.8. The predicted octanol–water partition coefficient (Wildman–Crippen LogP) is 3.51.